The van der Waals surface area contributed by atoms with Crippen LogP contribution in [0.1, 0.15) is 21.5 Å². The molecule has 2 rings (SSSR count). The van der Waals surface area contributed by atoms with E-state index in [-0.39, 0.29) is 5.56 Å². The molecule has 0 bridgehead atoms. The van der Waals surface area contributed by atoms with Crippen LogP contribution in [-0.4, -0.2) is 11.1 Å². The Morgan fingerprint density at radius 3 is 2.26 bits per heavy atom. The van der Waals surface area contributed by atoms with E-state index in [1.807, 2.05) is 0 Å². The van der Waals surface area contributed by atoms with Crippen LogP contribution in [0.5, 0.6) is 0 Å². The zero-order chi connectivity index (χ0) is 13.8. The fourth-order valence-corrected chi connectivity index (χ4v) is 2.24. The molecule has 0 aliphatic rings. The van der Waals surface area contributed by atoms with Gasteiger partial charge in [0.25, 0.3) is 0 Å². The normalized spacial score (nSPS) is 10.8. The van der Waals surface area contributed by atoms with E-state index in [0.717, 1.165) is 5.56 Å². The van der Waals surface area contributed by atoms with Crippen molar-refractivity contribution in [3.05, 3.63) is 69.2 Å². The van der Waals surface area contributed by atoms with Crippen LogP contribution in [-0.2, 0) is 0 Å². The summed E-state index contributed by atoms with van der Waals surface area (Å²) in [5, 5.41) is 10.2. The molecule has 0 spiro atoms. The number of aromatic carboxylic acids is 1. The van der Waals surface area contributed by atoms with E-state index < -0.39 is 5.97 Å². The van der Waals surface area contributed by atoms with Crippen molar-refractivity contribution >= 4 is 41.3 Å². The quantitative estimate of drug-likeness (QED) is 0.820. The average molecular weight is 293 g/mol. The summed E-state index contributed by atoms with van der Waals surface area (Å²) in [5.74, 6) is -0.954. The first-order valence-electron chi connectivity index (χ1n) is 5.53. The SMILES string of the molecule is O=C(O)c1ccccc1C=Cc1cc(Cl)cc(Cl)c1. The summed E-state index contributed by atoms with van der Waals surface area (Å²) in [5.41, 5.74) is 1.70. The molecule has 0 atom stereocenters. The van der Waals surface area contributed by atoms with Gasteiger partial charge in [-0.25, -0.2) is 4.79 Å². The fraction of sp³-hybridized carbons (Fsp3) is 0. The Balaban J connectivity index is 2.35. The standard InChI is InChI=1S/C15H10Cl2O2/c16-12-7-10(8-13(17)9-12)5-6-11-3-1-2-4-14(11)15(18)19/h1-9H,(H,18,19). The first-order chi connectivity index (χ1) is 9.06. The molecule has 0 heterocycles. The lowest BCUT2D eigenvalue weighted by Crippen LogP contribution is -1.98. The summed E-state index contributed by atoms with van der Waals surface area (Å²) >= 11 is 11.8. The van der Waals surface area contributed by atoms with Crippen LogP contribution in [0.25, 0.3) is 12.2 Å². The molecule has 1 N–H and O–H groups in total. The van der Waals surface area contributed by atoms with Crippen LogP contribution in [0.3, 0.4) is 0 Å². The maximum absolute atomic E-state index is 11.1. The second-order valence-corrected chi connectivity index (χ2v) is 4.80. The molecule has 0 aliphatic heterocycles. The molecule has 0 unspecified atom stereocenters. The summed E-state index contributed by atoms with van der Waals surface area (Å²) in [4.78, 5) is 11.1. The fourth-order valence-electron chi connectivity index (χ4n) is 1.69. The highest BCUT2D eigenvalue weighted by Gasteiger charge is 2.05. The largest absolute Gasteiger partial charge is 0.478 e. The summed E-state index contributed by atoms with van der Waals surface area (Å²) in [7, 11) is 0. The van der Waals surface area contributed by atoms with E-state index in [0.29, 0.717) is 15.6 Å². The first kappa shape index (κ1) is 13.7. The van der Waals surface area contributed by atoms with Gasteiger partial charge in [0.15, 0.2) is 0 Å². The lowest BCUT2D eigenvalue weighted by atomic mass is 10.1. The molecule has 19 heavy (non-hydrogen) atoms. The van der Waals surface area contributed by atoms with Crippen molar-refractivity contribution in [3.63, 3.8) is 0 Å². The molecule has 2 aromatic carbocycles. The van der Waals surface area contributed by atoms with Crippen molar-refractivity contribution in [1.29, 1.82) is 0 Å². The molecule has 0 fully saturated rings. The predicted molar refractivity (Wildman–Crippen MR) is 78.8 cm³/mol. The Morgan fingerprint density at radius 1 is 1.00 bits per heavy atom. The molecule has 0 aliphatic carbocycles. The molecule has 4 heteroatoms. The molecule has 96 valence electrons. The van der Waals surface area contributed by atoms with Gasteiger partial charge in [0.2, 0.25) is 0 Å². The van der Waals surface area contributed by atoms with Gasteiger partial charge in [-0.15, -0.1) is 0 Å². The number of hydrogen-bond donors (Lipinski definition) is 1. The van der Waals surface area contributed by atoms with Gasteiger partial charge >= 0.3 is 5.97 Å². The van der Waals surface area contributed by atoms with Crippen molar-refractivity contribution in [1.82, 2.24) is 0 Å². The Morgan fingerprint density at radius 2 is 1.63 bits per heavy atom. The lowest BCUT2D eigenvalue weighted by Gasteiger charge is -2.01. The molecule has 0 saturated heterocycles. The van der Waals surface area contributed by atoms with Crippen LogP contribution in [0.15, 0.2) is 42.5 Å². The maximum atomic E-state index is 11.1. The second-order valence-electron chi connectivity index (χ2n) is 3.93. The van der Waals surface area contributed by atoms with E-state index >= 15 is 0 Å². The van der Waals surface area contributed by atoms with Crippen LogP contribution in [0.4, 0.5) is 0 Å². The number of benzene rings is 2. The van der Waals surface area contributed by atoms with Crippen molar-refractivity contribution in [2.45, 2.75) is 0 Å². The van der Waals surface area contributed by atoms with E-state index in [4.69, 9.17) is 28.3 Å². The Bertz CT molecular complexity index is 628. The highest BCUT2D eigenvalue weighted by Crippen LogP contribution is 2.21. The molecule has 0 radical (unpaired) electrons. The number of halogens is 2. The Kier molecular flexibility index (Phi) is 4.25. The van der Waals surface area contributed by atoms with Crippen LogP contribution >= 0.6 is 23.2 Å². The number of carboxylic acid groups (broad SMARTS) is 1. The molecule has 0 saturated carbocycles. The van der Waals surface area contributed by atoms with Crippen molar-refractivity contribution < 1.29 is 9.90 Å². The molecule has 0 amide bonds. The number of hydrogen-bond acceptors (Lipinski definition) is 1. The summed E-state index contributed by atoms with van der Waals surface area (Å²) in [6.45, 7) is 0. The predicted octanol–water partition coefficient (Wildman–Crippen LogP) is 4.86. The first-order valence-corrected chi connectivity index (χ1v) is 6.28. The van der Waals surface area contributed by atoms with E-state index in [2.05, 4.69) is 0 Å². The van der Waals surface area contributed by atoms with Gasteiger partial charge in [0, 0.05) is 10.0 Å². The summed E-state index contributed by atoms with van der Waals surface area (Å²) < 4.78 is 0. The molecular formula is C15H10Cl2O2. The monoisotopic (exact) mass is 292 g/mol. The third-order valence-electron chi connectivity index (χ3n) is 2.53. The van der Waals surface area contributed by atoms with Gasteiger partial charge in [-0.2, -0.15) is 0 Å². The minimum atomic E-state index is -0.954. The number of rotatable bonds is 3. The third kappa shape index (κ3) is 3.60. The van der Waals surface area contributed by atoms with Crippen LogP contribution in [0, 0.1) is 0 Å². The summed E-state index contributed by atoms with van der Waals surface area (Å²) in [6, 6.07) is 11.9. The molecule has 0 aromatic heterocycles. The lowest BCUT2D eigenvalue weighted by molar-refractivity contribution is 0.0696. The smallest absolute Gasteiger partial charge is 0.336 e. The number of carbonyl (C=O) groups is 1. The molecule has 2 aromatic rings. The molecule has 2 nitrogen and oxygen atoms in total. The maximum Gasteiger partial charge on any atom is 0.336 e. The zero-order valence-electron chi connectivity index (χ0n) is 9.81. The number of carboxylic acids is 1. The molecular weight excluding hydrogens is 283 g/mol. The minimum Gasteiger partial charge on any atom is -0.478 e. The Labute approximate surface area is 120 Å². The van der Waals surface area contributed by atoms with Crippen molar-refractivity contribution in [2.24, 2.45) is 0 Å². The second kappa shape index (κ2) is 5.91. The highest BCUT2D eigenvalue weighted by molar-refractivity contribution is 6.34. The van der Waals surface area contributed by atoms with Gasteiger partial charge in [-0.1, -0.05) is 53.6 Å². The van der Waals surface area contributed by atoms with E-state index in [1.165, 1.54) is 0 Å². The van der Waals surface area contributed by atoms with Crippen molar-refractivity contribution in [3.8, 4) is 0 Å². The van der Waals surface area contributed by atoms with Gasteiger partial charge in [0.1, 0.15) is 0 Å². The Hall–Kier alpha value is -1.77. The van der Waals surface area contributed by atoms with Crippen LogP contribution in [0.2, 0.25) is 10.0 Å². The van der Waals surface area contributed by atoms with Crippen molar-refractivity contribution in [2.75, 3.05) is 0 Å². The highest BCUT2D eigenvalue weighted by atomic mass is 35.5. The topological polar surface area (TPSA) is 37.3 Å². The van der Waals surface area contributed by atoms with Gasteiger partial charge in [0.05, 0.1) is 5.56 Å². The zero-order valence-corrected chi connectivity index (χ0v) is 11.3. The van der Waals surface area contributed by atoms with Gasteiger partial charge in [-0.3, -0.25) is 0 Å². The van der Waals surface area contributed by atoms with E-state index in [1.54, 1.807) is 54.6 Å². The minimum absolute atomic E-state index is 0.256. The van der Waals surface area contributed by atoms with Gasteiger partial charge < -0.3 is 5.11 Å². The van der Waals surface area contributed by atoms with E-state index in [9.17, 15) is 4.79 Å². The third-order valence-corrected chi connectivity index (χ3v) is 2.97. The summed E-state index contributed by atoms with van der Waals surface area (Å²) in [6.07, 6.45) is 3.50. The average Bonchev–Trinajstić information content (AvgIpc) is 2.35. The van der Waals surface area contributed by atoms with Crippen LogP contribution < -0.4 is 0 Å². The van der Waals surface area contributed by atoms with Gasteiger partial charge in [-0.05, 0) is 35.4 Å².